The highest BCUT2D eigenvalue weighted by Crippen LogP contribution is 2.28. The molecule has 1 fully saturated rings. The summed E-state index contributed by atoms with van der Waals surface area (Å²) < 4.78 is 34.8. The number of benzene rings is 1. The molecule has 184 valence electrons. The van der Waals surface area contributed by atoms with Crippen molar-refractivity contribution in [2.45, 2.75) is 39.5 Å². The number of oxime groups is 1. The molecule has 2 aromatic rings. The van der Waals surface area contributed by atoms with Crippen LogP contribution in [0.2, 0.25) is 0 Å². The molecule has 1 aromatic carbocycles. The Hall–Kier alpha value is -2.85. The van der Waals surface area contributed by atoms with Crippen molar-refractivity contribution in [2.24, 2.45) is 11.1 Å². The van der Waals surface area contributed by atoms with E-state index in [1.54, 1.807) is 16.4 Å². The summed E-state index contributed by atoms with van der Waals surface area (Å²) >= 11 is 0. The van der Waals surface area contributed by atoms with Gasteiger partial charge in [0.05, 0.1) is 18.0 Å². The first-order valence-electron chi connectivity index (χ1n) is 11.8. The van der Waals surface area contributed by atoms with Gasteiger partial charge in [-0.25, -0.2) is 4.98 Å². The molecule has 0 unspecified atom stereocenters. The molecule has 0 spiro atoms. The van der Waals surface area contributed by atoms with Gasteiger partial charge in [-0.15, -0.1) is 0 Å². The summed E-state index contributed by atoms with van der Waals surface area (Å²) in [7, 11) is -3.54. The number of nitrogen functional groups attached to an aromatic ring is 1. The van der Waals surface area contributed by atoms with Crippen LogP contribution in [-0.4, -0.2) is 56.3 Å². The number of aryl methyl sites for hydroxylation is 1. The molecule has 4 rings (SSSR count). The Balaban J connectivity index is 1.23. The second-order valence-corrected chi connectivity index (χ2v) is 10.6. The Labute approximate surface area is 201 Å². The minimum Gasteiger partial charge on any atom is -0.494 e. The minimum absolute atomic E-state index is 0.308. The van der Waals surface area contributed by atoms with Gasteiger partial charge in [0.15, 0.2) is 0 Å². The van der Waals surface area contributed by atoms with Gasteiger partial charge in [0.1, 0.15) is 18.2 Å². The number of aromatic nitrogens is 1. The lowest BCUT2D eigenvalue weighted by Gasteiger charge is -2.21. The summed E-state index contributed by atoms with van der Waals surface area (Å²) in [6.07, 6.45) is 4.99. The molecule has 0 radical (unpaired) electrons. The fourth-order valence-corrected chi connectivity index (χ4v) is 5.93. The Morgan fingerprint density at radius 3 is 2.82 bits per heavy atom. The van der Waals surface area contributed by atoms with E-state index in [0.29, 0.717) is 50.3 Å². The number of rotatable bonds is 10. The molecule has 0 saturated carbocycles. The Morgan fingerprint density at radius 1 is 1.18 bits per heavy atom. The van der Waals surface area contributed by atoms with Crippen LogP contribution < -0.4 is 14.8 Å². The van der Waals surface area contributed by atoms with Crippen molar-refractivity contribution < 1.29 is 18.0 Å². The number of nitrogens with two attached hydrogens (primary N) is 1. The predicted octanol–water partition coefficient (Wildman–Crippen LogP) is 3.21. The Kier molecular flexibility index (Phi) is 7.57. The second-order valence-electron chi connectivity index (χ2n) is 8.72. The minimum atomic E-state index is -3.54. The van der Waals surface area contributed by atoms with Crippen LogP contribution in [0.1, 0.15) is 44.2 Å². The second kappa shape index (κ2) is 10.6. The third kappa shape index (κ3) is 5.44. The summed E-state index contributed by atoms with van der Waals surface area (Å²) in [6.45, 7) is 6.59. The molecular formula is C24H33N5O4S. The van der Waals surface area contributed by atoms with E-state index < -0.39 is 10.2 Å². The van der Waals surface area contributed by atoms with Gasteiger partial charge in [-0.2, -0.15) is 12.7 Å². The summed E-state index contributed by atoms with van der Waals surface area (Å²) in [5, 5.41) is 4.20. The zero-order valence-electron chi connectivity index (χ0n) is 19.8. The first-order valence-corrected chi connectivity index (χ1v) is 13.2. The zero-order chi connectivity index (χ0) is 24.1. The highest BCUT2D eigenvalue weighted by Gasteiger charge is 2.36. The van der Waals surface area contributed by atoms with Crippen LogP contribution in [0.15, 0.2) is 41.7 Å². The number of anilines is 2. The first kappa shape index (κ1) is 24.3. The molecule has 1 aromatic heterocycles. The van der Waals surface area contributed by atoms with Crippen molar-refractivity contribution in [3.8, 4) is 5.75 Å². The fourth-order valence-electron chi connectivity index (χ4n) is 4.31. The molecule has 1 atom stereocenters. The molecule has 2 aliphatic rings. The van der Waals surface area contributed by atoms with Gasteiger partial charge in [-0.3, -0.25) is 4.31 Å². The average Bonchev–Trinajstić information content (AvgIpc) is 3.35. The lowest BCUT2D eigenvalue weighted by Crippen LogP contribution is -2.34. The van der Waals surface area contributed by atoms with Gasteiger partial charge in [0, 0.05) is 37.5 Å². The van der Waals surface area contributed by atoms with E-state index in [0.717, 1.165) is 42.7 Å². The lowest BCUT2D eigenvalue weighted by atomic mass is 10.0. The number of fused-ring (bicyclic) bond motifs is 1. The maximum Gasteiger partial charge on any atom is 0.304 e. The van der Waals surface area contributed by atoms with Crippen LogP contribution in [-0.2, 0) is 21.5 Å². The zero-order valence-corrected chi connectivity index (χ0v) is 20.6. The maximum absolute atomic E-state index is 12.9. The molecule has 10 heteroatoms. The average molecular weight is 488 g/mol. The first-order chi connectivity index (χ1) is 16.4. The molecule has 1 saturated heterocycles. The highest BCUT2D eigenvalue weighted by molar-refractivity contribution is 7.90. The normalized spacial score (nSPS) is 19.4. The van der Waals surface area contributed by atoms with Crippen molar-refractivity contribution in [2.75, 3.05) is 42.9 Å². The van der Waals surface area contributed by atoms with Crippen LogP contribution in [0, 0.1) is 5.92 Å². The van der Waals surface area contributed by atoms with Crippen LogP contribution in [0.4, 0.5) is 11.5 Å². The predicted molar refractivity (Wildman–Crippen MR) is 133 cm³/mol. The van der Waals surface area contributed by atoms with E-state index >= 15 is 0 Å². The van der Waals surface area contributed by atoms with Crippen LogP contribution in [0.5, 0.6) is 5.75 Å². The molecule has 2 heterocycles. The van der Waals surface area contributed by atoms with Gasteiger partial charge in [0.25, 0.3) is 0 Å². The van der Waals surface area contributed by atoms with E-state index in [-0.39, 0.29) is 0 Å². The van der Waals surface area contributed by atoms with Gasteiger partial charge in [0.2, 0.25) is 0 Å². The van der Waals surface area contributed by atoms with E-state index in [4.69, 9.17) is 15.3 Å². The molecule has 2 N–H and O–H groups in total. The van der Waals surface area contributed by atoms with Gasteiger partial charge >= 0.3 is 10.2 Å². The van der Waals surface area contributed by atoms with Crippen molar-refractivity contribution in [3.05, 3.63) is 47.7 Å². The molecular weight excluding hydrogens is 454 g/mol. The Morgan fingerprint density at radius 2 is 2.03 bits per heavy atom. The van der Waals surface area contributed by atoms with Gasteiger partial charge in [-0.05, 0) is 68.4 Å². The molecule has 34 heavy (non-hydrogen) atoms. The number of hydrogen-bond acceptors (Lipinski definition) is 7. The molecule has 0 bridgehead atoms. The van der Waals surface area contributed by atoms with Crippen molar-refractivity contribution >= 4 is 27.4 Å². The molecule has 1 aliphatic carbocycles. The SMILES string of the molecule is CCON=C1CCc2cc(OCC[C@@H](C)CCN3CCN(c4ccnc(N)c4)S3(=O)=O)ccc21. The smallest absolute Gasteiger partial charge is 0.304 e. The van der Waals surface area contributed by atoms with E-state index in [1.807, 2.05) is 13.0 Å². The van der Waals surface area contributed by atoms with Crippen LogP contribution in [0.25, 0.3) is 0 Å². The van der Waals surface area contributed by atoms with Crippen molar-refractivity contribution in [1.82, 2.24) is 9.29 Å². The van der Waals surface area contributed by atoms with Crippen LogP contribution >= 0.6 is 0 Å². The monoisotopic (exact) mass is 487 g/mol. The number of pyridine rings is 1. The molecule has 0 amide bonds. The number of nitrogens with zero attached hydrogens (tertiary/aromatic N) is 4. The number of ether oxygens (including phenoxy) is 1. The third-order valence-electron chi connectivity index (χ3n) is 6.28. The standard InChI is InChI=1S/C24H33N5O4S/c1-3-33-27-23-7-4-19-16-21(5-6-22(19)23)32-15-10-18(2)9-12-28-13-14-29(34(28,30)31)20-8-11-26-24(25)17-20/h5-6,8,11,16-18H,3-4,7,9-10,12-15H2,1-2H3,(H2,25,26)/t18-/m0/s1. The topological polar surface area (TPSA) is 110 Å². The van der Waals surface area contributed by atoms with E-state index in [9.17, 15) is 8.42 Å². The Bertz CT molecular complexity index is 1140. The van der Waals surface area contributed by atoms with Gasteiger partial charge in [-0.1, -0.05) is 12.1 Å². The number of hydrogen-bond donors (Lipinski definition) is 1. The van der Waals surface area contributed by atoms with Crippen LogP contribution in [0.3, 0.4) is 0 Å². The highest BCUT2D eigenvalue weighted by atomic mass is 32.2. The lowest BCUT2D eigenvalue weighted by molar-refractivity contribution is 0.158. The molecule has 1 aliphatic heterocycles. The summed E-state index contributed by atoms with van der Waals surface area (Å²) in [6, 6.07) is 9.38. The fraction of sp³-hybridized carbons (Fsp3) is 0.500. The third-order valence-corrected chi connectivity index (χ3v) is 8.25. The summed E-state index contributed by atoms with van der Waals surface area (Å²) in [5.41, 5.74) is 9.66. The van der Waals surface area contributed by atoms with E-state index in [2.05, 4.69) is 29.2 Å². The molecule has 9 nitrogen and oxygen atoms in total. The summed E-state index contributed by atoms with van der Waals surface area (Å²) in [5.74, 6) is 1.50. The quantitative estimate of drug-likeness (QED) is 0.515. The van der Waals surface area contributed by atoms with Gasteiger partial charge < -0.3 is 15.3 Å². The summed E-state index contributed by atoms with van der Waals surface area (Å²) in [4.78, 5) is 9.15. The maximum atomic E-state index is 12.9. The largest absolute Gasteiger partial charge is 0.494 e. The van der Waals surface area contributed by atoms with Crippen molar-refractivity contribution in [1.29, 1.82) is 0 Å². The van der Waals surface area contributed by atoms with Crippen molar-refractivity contribution in [3.63, 3.8) is 0 Å². The van der Waals surface area contributed by atoms with E-state index in [1.165, 1.54) is 16.1 Å².